The summed E-state index contributed by atoms with van der Waals surface area (Å²) in [7, 11) is 0. The first-order valence-corrected chi connectivity index (χ1v) is 8.57. The van der Waals surface area contributed by atoms with E-state index in [-0.39, 0.29) is 19.8 Å². The molecule has 27 heavy (non-hydrogen) atoms. The number of hydroxylamine groups is 1. The molecular formula is C20H23NO6. The summed E-state index contributed by atoms with van der Waals surface area (Å²) < 4.78 is 10.2. The van der Waals surface area contributed by atoms with E-state index >= 15 is 0 Å². The second kappa shape index (κ2) is 11.1. The SMILES string of the molecule is CCOC(=O)[C@H](O)[C@@H](OCc1ccccc1)C(=O)NOCc1ccccc1. The molecule has 2 atom stereocenters. The molecule has 2 N–H and O–H groups in total. The lowest BCUT2D eigenvalue weighted by Crippen LogP contribution is -2.47. The van der Waals surface area contributed by atoms with E-state index in [2.05, 4.69) is 5.48 Å². The summed E-state index contributed by atoms with van der Waals surface area (Å²) in [6.07, 6.45) is -3.24. The van der Waals surface area contributed by atoms with Gasteiger partial charge in [-0.15, -0.1) is 0 Å². The number of esters is 1. The van der Waals surface area contributed by atoms with Crippen LogP contribution in [0.3, 0.4) is 0 Å². The number of carbonyl (C=O) groups is 2. The molecule has 0 heterocycles. The molecule has 0 aliphatic rings. The van der Waals surface area contributed by atoms with Crippen molar-refractivity contribution in [1.82, 2.24) is 5.48 Å². The van der Waals surface area contributed by atoms with Gasteiger partial charge in [0, 0.05) is 0 Å². The molecule has 0 bridgehead atoms. The van der Waals surface area contributed by atoms with Gasteiger partial charge in [-0.3, -0.25) is 9.63 Å². The van der Waals surface area contributed by atoms with Crippen molar-refractivity contribution in [2.75, 3.05) is 6.61 Å². The molecular weight excluding hydrogens is 350 g/mol. The second-order valence-electron chi connectivity index (χ2n) is 5.65. The van der Waals surface area contributed by atoms with Crippen LogP contribution in [0.25, 0.3) is 0 Å². The molecule has 1 amide bonds. The molecule has 2 aromatic rings. The van der Waals surface area contributed by atoms with E-state index in [0.29, 0.717) is 0 Å². The van der Waals surface area contributed by atoms with Crippen LogP contribution in [0.5, 0.6) is 0 Å². The molecule has 7 heteroatoms. The van der Waals surface area contributed by atoms with Crippen molar-refractivity contribution in [1.29, 1.82) is 0 Å². The van der Waals surface area contributed by atoms with Crippen molar-refractivity contribution < 1.29 is 29.0 Å². The van der Waals surface area contributed by atoms with Crippen LogP contribution >= 0.6 is 0 Å². The average Bonchev–Trinajstić information content (AvgIpc) is 2.70. The topological polar surface area (TPSA) is 94.1 Å². The van der Waals surface area contributed by atoms with Crippen LogP contribution in [0, 0.1) is 0 Å². The Morgan fingerprint density at radius 1 is 0.963 bits per heavy atom. The third-order valence-corrected chi connectivity index (χ3v) is 3.60. The fraction of sp³-hybridized carbons (Fsp3) is 0.300. The Kier molecular flexibility index (Phi) is 8.44. The molecule has 7 nitrogen and oxygen atoms in total. The lowest BCUT2D eigenvalue weighted by atomic mass is 10.2. The Morgan fingerprint density at radius 3 is 2.07 bits per heavy atom. The first-order chi connectivity index (χ1) is 13.1. The third-order valence-electron chi connectivity index (χ3n) is 3.60. The summed E-state index contributed by atoms with van der Waals surface area (Å²) >= 11 is 0. The van der Waals surface area contributed by atoms with Crippen molar-refractivity contribution in [3.05, 3.63) is 71.8 Å². The molecule has 0 saturated heterocycles. The highest BCUT2D eigenvalue weighted by Crippen LogP contribution is 2.09. The Hall–Kier alpha value is -2.74. The summed E-state index contributed by atoms with van der Waals surface area (Å²) in [5.74, 6) is -1.71. The first kappa shape index (κ1) is 20.6. The number of rotatable bonds is 10. The van der Waals surface area contributed by atoms with Gasteiger partial charge >= 0.3 is 5.97 Å². The van der Waals surface area contributed by atoms with E-state index in [9.17, 15) is 14.7 Å². The number of hydrogen-bond donors (Lipinski definition) is 2. The summed E-state index contributed by atoms with van der Waals surface area (Å²) in [5, 5.41) is 10.2. The van der Waals surface area contributed by atoms with Gasteiger partial charge in [0.25, 0.3) is 5.91 Å². The van der Waals surface area contributed by atoms with Crippen LogP contribution in [0.15, 0.2) is 60.7 Å². The Labute approximate surface area is 157 Å². The summed E-state index contributed by atoms with van der Waals surface area (Å²) in [4.78, 5) is 29.4. The van der Waals surface area contributed by atoms with Gasteiger partial charge in [0.15, 0.2) is 12.2 Å². The molecule has 2 aromatic carbocycles. The molecule has 0 radical (unpaired) electrons. The molecule has 0 saturated carbocycles. The van der Waals surface area contributed by atoms with E-state index in [0.717, 1.165) is 11.1 Å². The molecule has 0 unspecified atom stereocenters. The average molecular weight is 373 g/mol. The van der Waals surface area contributed by atoms with Crippen LogP contribution in [-0.4, -0.2) is 35.8 Å². The highest BCUT2D eigenvalue weighted by molar-refractivity contribution is 5.88. The summed E-state index contributed by atoms with van der Waals surface area (Å²) in [5.41, 5.74) is 3.85. The summed E-state index contributed by atoms with van der Waals surface area (Å²) in [6, 6.07) is 18.3. The zero-order valence-corrected chi connectivity index (χ0v) is 15.0. The number of ether oxygens (including phenoxy) is 2. The van der Waals surface area contributed by atoms with Gasteiger partial charge in [0.2, 0.25) is 0 Å². The maximum atomic E-state index is 12.4. The number of benzene rings is 2. The largest absolute Gasteiger partial charge is 0.464 e. The normalized spacial score (nSPS) is 12.8. The van der Waals surface area contributed by atoms with E-state index in [1.165, 1.54) is 0 Å². The van der Waals surface area contributed by atoms with Crippen LogP contribution in [-0.2, 0) is 37.1 Å². The third kappa shape index (κ3) is 6.82. The van der Waals surface area contributed by atoms with E-state index in [4.69, 9.17) is 14.3 Å². The number of amides is 1. The molecule has 0 fully saturated rings. The monoisotopic (exact) mass is 373 g/mol. The fourth-order valence-corrected chi connectivity index (χ4v) is 2.24. The van der Waals surface area contributed by atoms with E-state index in [1.807, 2.05) is 48.5 Å². The quantitative estimate of drug-likeness (QED) is 0.487. The molecule has 0 aromatic heterocycles. The fourth-order valence-electron chi connectivity index (χ4n) is 2.24. The minimum Gasteiger partial charge on any atom is -0.464 e. The lowest BCUT2D eigenvalue weighted by Gasteiger charge is -2.21. The molecule has 2 rings (SSSR count). The second-order valence-corrected chi connectivity index (χ2v) is 5.65. The standard InChI is InChI=1S/C20H23NO6/c1-2-25-20(24)17(22)18(26-13-15-9-5-3-6-10-15)19(23)21-27-14-16-11-7-4-8-12-16/h3-12,17-18,22H,2,13-14H2,1H3,(H,21,23)/t17-,18-/m1/s1. The van der Waals surface area contributed by atoms with Gasteiger partial charge in [-0.25, -0.2) is 10.3 Å². The maximum Gasteiger partial charge on any atom is 0.338 e. The first-order valence-electron chi connectivity index (χ1n) is 8.57. The van der Waals surface area contributed by atoms with Crippen LogP contribution in [0.4, 0.5) is 0 Å². The van der Waals surface area contributed by atoms with Crippen molar-refractivity contribution in [2.45, 2.75) is 32.3 Å². The van der Waals surface area contributed by atoms with Gasteiger partial charge in [-0.05, 0) is 18.1 Å². The van der Waals surface area contributed by atoms with Gasteiger partial charge in [0.05, 0.1) is 19.8 Å². The minimum atomic E-state index is -1.77. The zero-order valence-electron chi connectivity index (χ0n) is 15.0. The van der Waals surface area contributed by atoms with Crippen molar-refractivity contribution in [3.8, 4) is 0 Å². The molecule has 0 aliphatic heterocycles. The molecule has 0 aliphatic carbocycles. The summed E-state index contributed by atoms with van der Waals surface area (Å²) in [6.45, 7) is 1.85. The molecule has 0 spiro atoms. The maximum absolute atomic E-state index is 12.4. The van der Waals surface area contributed by atoms with E-state index in [1.54, 1.807) is 19.1 Å². The Bertz CT molecular complexity index is 707. The smallest absolute Gasteiger partial charge is 0.338 e. The van der Waals surface area contributed by atoms with Crippen molar-refractivity contribution in [2.24, 2.45) is 0 Å². The molecule has 144 valence electrons. The van der Waals surface area contributed by atoms with Crippen LogP contribution in [0.2, 0.25) is 0 Å². The Morgan fingerprint density at radius 2 is 1.52 bits per heavy atom. The number of aliphatic hydroxyl groups is 1. The van der Waals surface area contributed by atoms with Crippen molar-refractivity contribution >= 4 is 11.9 Å². The van der Waals surface area contributed by atoms with Gasteiger partial charge < -0.3 is 14.6 Å². The highest BCUT2D eigenvalue weighted by Gasteiger charge is 2.34. The zero-order chi connectivity index (χ0) is 19.5. The predicted molar refractivity (Wildman–Crippen MR) is 97.0 cm³/mol. The highest BCUT2D eigenvalue weighted by atomic mass is 16.7. The number of aliphatic hydroxyl groups excluding tert-OH is 1. The van der Waals surface area contributed by atoms with Gasteiger partial charge in [-0.1, -0.05) is 60.7 Å². The number of nitrogens with one attached hydrogen (secondary N) is 1. The predicted octanol–water partition coefficient (Wildman–Crippen LogP) is 1.74. The number of hydrogen-bond acceptors (Lipinski definition) is 6. The lowest BCUT2D eigenvalue weighted by molar-refractivity contribution is -0.172. The van der Waals surface area contributed by atoms with Crippen LogP contribution < -0.4 is 5.48 Å². The van der Waals surface area contributed by atoms with Gasteiger partial charge in [-0.2, -0.15) is 0 Å². The Balaban J connectivity index is 1.96. The van der Waals surface area contributed by atoms with Crippen LogP contribution in [0.1, 0.15) is 18.1 Å². The van der Waals surface area contributed by atoms with E-state index < -0.39 is 24.1 Å². The van der Waals surface area contributed by atoms with Gasteiger partial charge in [0.1, 0.15) is 0 Å². The number of carbonyl (C=O) groups excluding carboxylic acids is 2. The van der Waals surface area contributed by atoms with Crippen molar-refractivity contribution in [3.63, 3.8) is 0 Å². The minimum absolute atomic E-state index is 0.0358.